The third-order valence-electron chi connectivity index (χ3n) is 2.80. The zero-order valence-corrected chi connectivity index (χ0v) is 12.8. The Balaban J connectivity index is 1.97. The topological polar surface area (TPSA) is 107 Å². The Kier molecular flexibility index (Phi) is 4.20. The fraction of sp³-hybridized carbons (Fsp3) is 0.0714. The van der Waals surface area contributed by atoms with E-state index in [1.807, 2.05) is 30.3 Å². The summed E-state index contributed by atoms with van der Waals surface area (Å²) in [5.41, 5.74) is -0.206. The monoisotopic (exact) mass is 329 g/mol. The van der Waals surface area contributed by atoms with E-state index in [2.05, 4.69) is 20.4 Å². The summed E-state index contributed by atoms with van der Waals surface area (Å²) in [5, 5.41) is 18.2. The van der Waals surface area contributed by atoms with E-state index >= 15 is 0 Å². The SMILES string of the molecule is Cc1cc(Nc2ncnc(Sc3ccccc3)c2[N+](=O)[O-])no1. The maximum atomic E-state index is 11.5. The summed E-state index contributed by atoms with van der Waals surface area (Å²) in [6.45, 7) is 1.73. The molecule has 0 spiro atoms. The van der Waals surface area contributed by atoms with E-state index in [1.165, 1.54) is 18.1 Å². The smallest absolute Gasteiger partial charge is 0.344 e. The first-order valence-corrected chi connectivity index (χ1v) is 7.38. The molecule has 0 fully saturated rings. The highest BCUT2D eigenvalue weighted by Crippen LogP contribution is 2.37. The van der Waals surface area contributed by atoms with Gasteiger partial charge in [0.1, 0.15) is 12.1 Å². The summed E-state index contributed by atoms with van der Waals surface area (Å²) < 4.78 is 4.93. The van der Waals surface area contributed by atoms with Gasteiger partial charge in [-0.1, -0.05) is 35.1 Å². The zero-order chi connectivity index (χ0) is 16.2. The van der Waals surface area contributed by atoms with Gasteiger partial charge in [0.05, 0.1) is 4.92 Å². The predicted octanol–water partition coefficient (Wildman–Crippen LogP) is 3.58. The second kappa shape index (κ2) is 6.44. The van der Waals surface area contributed by atoms with Crippen molar-refractivity contribution in [3.63, 3.8) is 0 Å². The predicted molar refractivity (Wildman–Crippen MR) is 83.8 cm³/mol. The third kappa shape index (κ3) is 3.46. The van der Waals surface area contributed by atoms with E-state index in [0.717, 1.165) is 4.90 Å². The van der Waals surface area contributed by atoms with Crippen molar-refractivity contribution >= 4 is 29.1 Å². The van der Waals surface area contributed by atoms with Crippen molar-refractivity contribution in [3.8, 4) is 0 Å². The second-order valence-electron chi connectivity index (χ2n) is 4.50. The molecule has 0 atom stereocenters. The Morgan fingerprint density at radius 3 is 2.70 bits per heavy atom. The van der Waals surface area contributed by atoms with Gasteiger partial charge in [0.2, 0.25) is 5.82 Å². The van der Waals surface area contributed by atoms with Gasteiger partial charge in [0, 0.05) is 11.0 Å². The summed E-state index contributed by atoms with van der Waals surface area (Å²) >= 11 is 1.20. The number of aryl methyl sites for hydroxylation is 1. The molecule has 0 saturated heterocycles. The Bertz CT molecular complexity index is 837. The summed E-state index contributed by atoms with van der Waals surface area (Å²) in [4.78, 5) is 19.8. The highest BCUT2D eigenvalue weighted by Gasteiger charge is 2.24. The Labute approximate surface area is 135 Å². The summed E-state index contributed by atoms with van der Waals surface area (Å²) in [6.07, 6.45) is 1.27. The number of rotatable bonds is 5. The minimum atomic E-state index is -0.513. The fourth-order valence-electron chi connectivity index (χ4n) is 1.84. The number of hydrogen-bond acceptors (Lipinski definition) is 8. The van der Waals surface area contributed by atoms with Gasteiger partial charge in [-0.3, -0.25) is 10.1 Å². The maximum Gasteiger partial charge on any atom is 0.344 e. The Morgan fingerprint density at radius 2 is 2.04 bits per heavy atom. The molecule has 0 bridgehead atoms. The number of nitrogens with zero attached hydrogens (tertiary/aromatic N) is 4. The molecule has 0 radical (unpaired) electrons. The molecule has 0 aliphatic rings. The molecular weight excluding hydrogens is 318 g/mol. The van der Waals surface area contributed by atoms with Crippen molar-refractivity contribution in [2.75, 3.05) is 5.32 Å². The molecular formula is C14H11N5O3S. The van der Waals surface area contributed by atoms with E-state index < -0.39 is 4.92 Å². The van der Waals surface area contributed by atoms with Crippen molar-refractivity contribution in [2.45, 2.75) is 16.8 Å². The average Bonchev–Trinajstić information content (AvgIpc) is 2.93. The van der Waals surface area contributed by atoms with E-state index in [0.29, 0.717) is 11.6 Å². The van der Waals surface area contributed by atoms with Crippen LogP contribution in [-0.4, -0.2) is 20.0 Å². The Morgan fingerprint density at radius 1 is 1.26 bits per heavy atom. The van der Waals surface area contributed by atoms with Crippen LogP contribution in [0.15, 0.2) is 57.2 Å². The molecule has 1 aromatic carbocycles. The molecule has 9 heteroatoms. The molecule has 3 rings (SSSR count). The molecule has 8 nitrogen and oxygen atoms in total. The molecule has 0 unspecified atom stereocenters. The maximum absolute atomic E-state index is 11.5. The zero-order valence-electron chi connectivity index (χ0n) is 12.0. The van der Waals surface area contributed by atoms with Gasteiger partial charge in [-0.2, -0.15) is 0 Å². The van der Waals surface area contributed by atoms with Crippen LogP contribution in [-0.2, 0) is 0 Å². The van der Waals surface area contributed by atoms with Crippen molar-refractivity contribution in [3.05, 3.63) is 58.6 Å². The van der Waals surface area contributed by atoms with Gasteiger partial charge in [-0.15, -0.1) is 0 Å². The van der Waals surface area contributed by atoms with Gasteiger partial charge in [-0.05, 0) is 19.1 Å². The number of nitro groups is 1. The van der Waals surface area contributed by atoms with Crippen LogP contribution in [0.1, 0.15) is 5.76 Å². The number of aromatic nitrogens is 3. The summed E-state index contributed by atoms with van der Waals surface area (Å²) in [7, 11) is 0. The highest BCUT2D eigenvalue weighted by atomic mass is 32.2. The van der Waals surface area contributed by atoms with Crippen LogP contribution in [0.2, 0.25) is 0 Å². The van der Waals surface area contributed by atoms with E-state index in [-0.39, 0.29) is 16.5 Å². The van der Waals surface area contributed by atoms with Crippen LogP contribution < -0.4 is 5.32 Å². The van der Waals surface area contributed by atoms with E-state index in [1.54, 1.807) is 13.0 Å². The van der Waals surface area contributed by atoms with Crippen LogP contribution >= 0.6 is 11.8 Å². The van der Waals surface area contributed by atoms with Gasteiger partial charge >= 0.3 is 5.69 Å². The average molecular weight is 329 g/mol. The van der Waals surface area contributed by atoms with E-state index in [9.17, 15) is 10.1 Å². The van der Waals surface area contributed by atoms with Crippen molar-refractivity contribution in [1.82, 2.24) is 15.1 Å². The van der Waals surface area contributed by atoms with Crippen LogP contribution in [0.5, 0.6) is 0 Å². The van der Waals surface area contributed by atoms with Crippen molar-refractivity contribution in [2.24, 2.45) is 0 Å². The van der Waals surface area contributed by atoms with Crippen LogP contribution in [0.4, 0.5) is 17.3 Å². The molecule has 0 aliphatic carbocycles. The molecule has 0 aliphatic heterocycles. The first-order chi connectivity index (χ1) is 11.1. The largest absolute Gasteiger partial charge is 0.360 e. The first kappa shape index (κ1) is 15.0. The number of hydrogen-bond donors (Lipinski definition) is 1. The number of nitrogens with one attached hydrogen (secondary N) is 1. The minimum absolute atomic E-state index is 0.0664. The third-order valence-corrected chi connectivity index (χ3v) is 3.80. The lowest BCUT2D eigenvalue weighted by Crippen LogP contribution is -2.02. The number of benzene rings is 1. The van der Waals surface area contributed by atoms with Crippen LogP contribution in [0, 0.1) is 17.0 Å². The molecule has 2 aromatic heterocycles. The number of anilines is 2. The second-order valence-corrected chi connectivity index (χ2v) is 5.56. The van der Waals surface area contributed by atoms with Gasteiger partial charge in [-0.25, -0.2) is 9.97 Å². The standard InChI is InChI=1S/C14H11N5O3S/c1-9-7-11(18-22-9)17-13-12(19(20)21)14(16-8-15-13)23-10-5-3-2-4-6-10/h2-8H,1H3,(H,15,16,17,18). The van der Waals surface area contributed by atoms with Gasteiger partial charge < -0.3 is 9.84 Å². The molecule has 23 heavy (non-hydrogen) atoms. The Hall–Kier alpha value is -2.94. The van der Waals surface area contributed by atoms with E-state index in [4.69, 9.17) is 4.52 Å². The molecule has 1 N–H and O–H groups in total. The summed E-state index contributed by atoms with van der Waals surface area (Å²) in [6, 6.07) is 10.9. The van der Waals surface area contributed by atoms with Crippen LogP contribution in [0.3, 0.4) is 0 Å². The minimum Gasteiger partial charge on any atom is -0.360 e. The molecule has 2 heterocycles. The molecule has 0 amide bonds. The fourth-order valence-corrected chi connectivity index (χ4v) is 2.72. The van der Waals surface area contributed by atoms with Gasteiger partial charge in [0.25, 0.3) is 0 Å². The van der Waals surface area contributed by atoms with Crippen molar-refractivity contribution < 1.29 is 9.45 Å². The molecule has 3 aromatic rings. The summed E-state index contributed by atoms with van der Waals surface area (Å²) in [5.74, 6) is 1.000. The normalized spacial score (nSPS) is 10.5. The van der Waals surface area contributed by atoms with Crippen LogP contribution in [0.25, 0.3) is 0 Å². The first-order valence-electron chi connectivity index (χ1n) is 6.56. The van der Waals surface area contributed by atoms with Gasteiger partial charge in [0.15, 0.2) is 10.8 Å². The lowest BCUT2D eigenvalue weighted by atomic mass is 10.4. The molecule has 116 valence electrons. The van der Waals surface area contributed by atoms with Crippen molar-refractivity contribution in [1.29, 1.82) is 0 Å². The lowest BCUT2D eigenvalue weighted by molar-refractivity contribution is -0.387. The quantitative estimate of drug-likeness (QED) is 0.430. The molecule has 0 saturated carbocycles. The lowest BCUT2D eigenvalue weighted by Gasteiger charge is -2.06. The highest BCUT2D eigenvalue weighted by molar-refractivity contribution is 7.99.